The Hall–Kier alpha value is -5.12. The van der Waals surface area contributed by atoms with Gasteiger partial charge in [0, 0.05) is 67.3 Å². The fourth-order valence-electron chi connectivity index (χ4n) is 6.35. The van der Waals surface area contributed by atoms with Gasteiger partial charge in [-0.2, -0.15) is 0 Å². The van der Waals surface area contributed by atoms with E-state index in [1.807, 2.05) is 67.6 Å². The summed E-state index contributed by atoms with van der Waals surface area (Å²) in [7, 11) is 1.70. The van der Waals surface area contributed by atoms with Gasteiger partial charge in [0.05, 0.1) is 6.54 Å². The number of allylic oxidation sites excluding steroid dienone is 2. The maximum Gasteiger partial charge on any atom is 0.247 e. The van der Waals surface area contributed by atoms with Gasteiger partial charge in [0.25, 0.3) is 0 Å². The normalized spacial score (nSPS) is 18.2. The van der Waals surface area contributed by atoms with Crippen molar-refractivity contribution < 1.29 is 18.8 Å². The van der Waals surface area contributed by atoms with Crippen LogP contribution in [0.5, 0.6) is 0 Å². The molecule has 0 saturated carbocycles. The number of aromatic nitrogens is 2. The number of fused-ring (bicyclic) bond motifs is 2. The lowest BCUT2D eigenvalue weighted by atomic mass is 10.0. The summed E-state index contributed by atoms with van der Waals surface area (Å²) in [5, 5.41) is 3.71. The summed E-state index contributed by atoms with van der Waals surface area (Å²) in [6.45, 7) is 4.34. The van der Waals surface area contributed by atoms with Crippen LogP contribution >= 0.6 is 0 Å². The van der Waals surface area contributed by atoms with Crippen LogP contribution in [0.3, 0.4) is 0 Å². The summed E-state index contributed by atoms with van der Waals surface area (Å²) >= 11 is 0. The molecule has 6 rings (SSSR count). The fourth-order valence-corrected chi connectivity index (χ4v) is 6.35. The van der Waals surface area contributed by atoms with Crippen molar-refractivity contribution in [1.82, 2.24) is 14.5 Å². The van der Waals surface area contributed by atoms with E-state index in [0.29, 0.717) is 35.2 Å². The van der Waals surface area contributed by atoms with E-state index in [-0.39, 0.29) is 25.3 Å². The predicted octanol–water partition coefficient (Wildman–Crippen LogP) is 5.44. The maximum atomic E-state index is 14.8. The number of rotatable bonds is 8. The van der Waals surface area contributed by atoms with Crippen molar-refractivity contribution in [1.29, 1.82) is 0 Å². The van der Waals surface area contributed by atoms with Crippen molar-refractivity contribution >= 4 is 51.8 Å². The molecule has 230 valence electrons. The molecule has 9 nitrogen and oxygen atoms in total. The molecule has 1 fully saturated rings. The van der Waals surface area contributed by atoms with Crippen LogP contribution in [-0.4, -0.2) is 64.1 Å². The number of ketones is 1. The Morgan fingerprint density at radius 1 is 1.11 bits per heavy atom. The molecule has 0 bridgehead atoms. The minimum absolute atomic E-state index is 0.0771. The molecular weight excluding hydrogens is 571 g/mol. The lowest BCUT2D eigenvalue weighted by Crippen LogP contribution is -2.44. The molecule has 0 unspecified atom stereocenters. The van der Waals surface area contributed by atoms with E-state index in [0.717, 1.165) is 28.1 Å². The molecule has 45 heavy (non-hydrogen) atoms. The first kappa shape index (κ1) is 29.9. The van der Waals surface area contributed by atoms with Crippen LogP contribution in [-0.2, 0) is 29.2 Å². The Kier molecular flexibility index (Phi) is 8.30. The monoisotopic (exact) mass is 606 g/mol. The second-order valence-electron chi connectivity index (χ2n) is 11.5. The molecule has 2 amide bonds. The number of aliphatic imine (C=N–C) groups is 1. The molecule has 1 saturated heterocycles. The number of nitrogens with zero attached hydrogens (tertiary/aromatic N) is 5. The van der Waals surface area contributed by atoms with Gasteiger partial charge in [0.15, 0.2) is 5.78 Å². The summed E-state index contributed by atoms with van der Waals surface area (Å²) in [6, 6.07) is 16.2. The Bertz CT molecular complexity index is 1850. The number of hydrogen-bond acceptors (Lipinski definition) is 6. The summed E-state index contributed by atoms with van der Waals surface area (Å²) in [5.74, 6) is -0.0966. The van der Waals surface area contributed by atoms with Crippen LogP contribution in [0.1, 0.15) is 47.3 Å². The molecule has 2 aromatic heterocycles. The van der Waals surface area contributed by atoms with Crippen molar-refractivity contribution in [2.24, 2.45) is 4.99 Å². The van der Waals surface area contributed by atoms with E-state index in [9.17, 15) is 18.8 Å². The summed E-state index contributed by atoms with van der Waals surface area (Å²) < 4.78 is 16.5. The molecule has 2 aromatic carbocycles. The molecule has 2 aliphatic rings. The molecule has 2 atom stereocenters. The summed E-state index contributed by atoms with van der Waals surface area (Å²) in [5.41, 5.74) is 5.70. The third kappa shape index (κ3) is 5.87. The first-order valence-corrected chi connectivity index (χ1v) is 15.0. The smallest absolute Gasteiger partial charge is 0.247 e. The number of alkyl halides is 1. The van der Waals surface area contributed by atoms with Gasteiger partial charge >= 0.3 is 0 Å². The van der Waals surface area contributed by atoms with Crippen LogP contribution in [0.15, 0.2) is 78.1 Å². The quantitative estimate of drug-likeness (QED) is 0.213. The molecule has 4 aromatic rings. The number of Topliss-reactive ketones (excluding diaryl/α,β-unsaturated/α-hetero) is 1. The summed E-state index contributed by atoms with van der Waals surface area (Å²) in [4.78, 5) is 51.9. The Labute approximate surface area is 261 Å². The lowest BCUT2D eigenvalue weighted by molar-refractivity contribution is -0.137. The third-order valence-electron chi connectivity index (χ3n) is 8.57. The van der Waals surface area contributed by atoms with Gasteiger partial charge in [-0.05, 0) is 66.4 Å². The SMILES string of the molecule is CC=C(C=NC)c1ccc2c(c1)c(C(C)=O)cn2CC(=O)N1C[C@H](F)C[C@H]1C(=O)Nc1cccc2c1CN(c1ccccn1)C2. The van der Waals surface area contributed by atoms with Gasteiger partial charge < -0.3 is 19.7 Å². The van der Waals surface area contributed by atoms with E-state index < -0.39 is 24.0 Å². The lowest BCUT2D eigenvalue weighted by Gasteiger charge is -2.24. The molecule has 10 heteroatoms. The van der Waals surface area contributed by atoms with Crippen molar-refractivity contribution in [3.63, 3.8) is 0 Å². The van der Waals surface area contributed by atoms with E-state index in [4.69, 9.17) is 0 Å². The molecular formula is C35H35FN6O3. The van der Waals surface area contributed by atoms with Crippen LogP contribution in [0, 0.1) is 0 Å². The topological polar surface area (TPSA) is 99.9 Å². The number of carbonyl (C=O) groups excluding carboxylic acids is 3. The fraction of sp³-hybridized carbons (Fsp3) is 0.286. The van der Waals surface area contributed by atoms with Crippen LogP contribution in [0.2, 0.25) is 0 Å². The molecule has 4 heterocycles. The number of hydrogen-bond donors (Lipinski definition) is 1. The minimum Gasteiger partial charge on any atom is -0.348 e. The first-order chi connectivity index (χ1) is 21.8. The number of nitrogens with one attached hydrogen (secondary N) is 1. The van der Waals surface area contributed by atoms with E-state index >= 15 is 0 Å². The van der Waals surface area contributed by atoms with Crippen molar-refractivity contribution in [2.45, 2.75) is 52.1 Å². The predicted molar refractivity (Wildman–Crippen MR) is 174 cm³/mol. The Morgan fingerprint density at radius 3 is 2.69 bits per heavy atom. The van der Waals surface area contributed by atoms with Crippen LogP contribution in [0.4, 0.5) is 15.9 Å². The van der Waals surface area contributed by atoms with Crippen LogP contribution in [0.25, 0.3) is 16.5 Å². The Morgan fingerprint density at radius 2 is 1.96 bits per heavy atom. The van der Waals surface area contributed by atoms with Gasteiger partial charge in [-0.15, -0.1) is 0 Å². The van der Waals surface area contributed by atoms with Gasteiger partial charge in [0.2, 0.25) is 11.8 Å². The van der Waals surface area contributed by atoms with Crippen molar-refractivity contribution in [2.75, 3.05) is 23.8 Å². The first-order valence-electron chi connectivity index (χ1n) is 15.0. The average Bonchev–Trinajstić information content (AvgIpc) is 3.76. The van der Waals surface area contributed by atoms with Crippen molar-refractivity contribution in [3.05, 3.63) is 95.3 Å². The van der Waals surface area contributed by atoms with Gasteiger partial charge in [0.1, 0.15) is 24.6 Å². The standard InChI is InChI=1S/C35H35FN6O3/c1-4-23(16-37-3)24-11-12-31-27(14-24)28(22(2)43)19-40(31)21-34(44)42-18-26(36)15-32(42)35(45)39-30-9-7-8-25-17-41(20-29(25)30)33-10-5-6-13-38-33/h4-14,16,19,26,32H,15,17-18,20-21H2,1-3H3,(H,39,45)/t26-,32+/m1/s1. The van der Waals surface area contributed by atoms with Crippen molar-refractivity contribution in [3.8, 4) is 0 Å². The number of benzene rings is 2. The maximum absolute atomic E-state index is 14.8. The number of pyridine rings is 1. The number of amides is 2. The molecule has 0 radical (unpaired) electrons. The van der Waals surface area contributed by atoms with E-state index in [1.165, 1.54) is 11.8 Å². The highest BCUT2D eigenvalue weighted by Crippen LogP contribution is 2.33. The van der Waals surface area contributed by atoms with Crippen LogP contribution < -0.4 is 10.2 Å². The second-order valence-corrected chi connectivity index (χ2v) is 11.5. The molecule has 0 aliphatic carbocycles. The molecule has 2 aliphatic heterocycles. The third-order valence-corrected chi connectivity index (χ3v) is 8.57. The van der Waals surface area contributed by atoms with Gasteiger partial charge in [-0.25, -0.2) is 9.37 Å². The van der Waals surface area contributed by atoms with Gasteiger partial charge in [-0.1, -0.05) is 30.3 Å². The zero-order valence-corrected chi connectivity index (χ0v) is 25.5. The second kappa shape index (κ2) is 12.5. The van der Waals surface area contributed by atoms with E-state index in [1.54, 1.807) is 30.2 Å². The molecule has 0 spiro atoms. The highest BCUT2D eigenvalue weighted by Gasteiger charge is 2.40. The van der Waals surface area contributed by atoms with E-state index in [2.05, 4.69) is 20.2 Å². The van der Waals surface area contributed by atoms with Gasteiger partial charge in [-0.3, -0.25) is 19.4 Å². The minimum atomic E-state index is -1.32. The molecule has 1 N–H and O–H groups in total. The largest absolute Gasteiger partial charge is 0.348 e. The highest BCUT2D eigenvalue weighted by atomic mass is 19.1. The number of anilines is 2. The Balaban J connectivity index is 1.22. The highest BCUT2D eigenvalue weighted by molar-refractivity contribution is 6.13. The average molecular weight is 607 g/mol. The zero-order chi connectivity index (χ0) is 31.7. The summed E-state index contributed by atoms with van der Waals surface area (Å²) in [6.07, 6.45) is 5.71. The number of carbonyl (C=O) groups is 3. The number of halogens is 1. The number of likely N-dealkylation sites (tertiary alicyclic amines) is 1. The zero-order valence-electron chi connectivity index (χ0n) is 25.5.